The molecule has 0 aliphatic carbocycles. The van der Waals surface area contributed by atoms with E-state index in [-0.39, 0.29) is 18.4 Å². The Kier molecular flexibility index (Phi) is 6.84. The zero-order chi connectivity index (χ0) is 20.6. The van der Waals surface area contributed by atoms with Crippen molar-refractivity contribution in [2.24, 2.45) is 5.92 Å². The predicted octanol–water partition coefficient (Wildman–Crippen LogP) is 2.15. The van der Waals surface area contributed by atoms with Gasteiger partial charge in [-0.3, -0.25) is 14.4 Å². The number of anilines is 1. The highest BCUT2D eigenvalue weighted by Gasteiger charge is 2.24. The monoisotopic (exact) mass is 395 g/mol. The van der Waals surface area contributed by atoms with Gasteiger partial charge in [-0.25, -0.2) is 0 Å². The van der Waals surface area contributed by atoms with Gasteiger partial charge in [0.1, 0.15) is 12.4 Å². The van der Waals surface area contributed by atoms with Crippen molar-refractivity contribution in [2.75, 3.05) is 18.4 Å². The lowest BCUT2D eigenvalue weighted by Crippen LogP contribution is -2.45. The molecule has 29 heavy (non-hydrogen) atoms. The number of ether oxygens (including phenoxy) is 1. The molecule has 7 heteroatoms. The summed E-state index contributed by atoms with van der Waals surface area (Å²) in [5.74, 6) is -1.48. The van der Waals surface area contributed by atoms with E-state index >= 15 is 0 Å². The van der Waals surface area contributed by atoms with Crippen LogP contribution in [-0.4, -0.2) is 30.8 Å². The van der Waals surface area contributed by atoms with E-state index in [4.69, 9.17) is 4.74 Å². The molecule has 0 aromatic heterocycles. The fourth-order valence-corrected chi connectivity index (χ4v) is 3.09. The van der Waals surface area contributed by atoms with E-state index in [9.17, 15) is 14.4 Å². The Balaban J connectivity index is 1.58. The number of piperidine rings is 1. The van der Waals surface area contributed by atoms with Crippen LogP contribution in [0.25, 0.3) is 0 Å². The minimum atomic E-state index is -0.797. The van der Waals surface area contributed by atoms with Crippen molar-refractivity contribution in [1.29, 1.82) is 0 Å². The van der Waals surface area contributed by atoms with Crippen molar-refractivity contribution in [3.63, 3.8) is 0 Å². The van der Waals surface area contributed by atoms with Gasteiger partial charge in [-0.2, -0.15) is 0 Å². The third-order valence-electron chi connectivity index (χ3n) is 4.74. The first kappa shape index (κ1) is 20.4. The summed E-state index contributed by atoms with van der Waals surface area (Å²) in [6.07, 6.45) is 1.56. The third kappa shape index (κ3) is 5.81. The molecular formula is C22H25N3O4. The number of hydrogen-bond donors (Lipinski definition) is 3. The molecular weight excluding hydrogens is 370 g/mol. The normalized spacial score (nSPS) is 15.9. The molecule has 0 radical (unpaired) electrons. The average molecular weight is 395 g/mol. The number of aryl methyl sites for hydroxylation is 1. The van der Waals surface area contributed by atoms with Gasteiger partial charge in [-0.1, -0.05) is 36.4 Å². The van der Waals surface area contributed by atoms with Crippen molar-refractivity contribution < 1.29 is 19.1 Å². The van der Waals surface area contributed by atoms with Crippen LogP contribution in [0.4, 0.5) is 5.69 Å². The van der Waals surface area contributed by atoms with E-state index < -0.39 is 11.8 Å². The van der Waals surface area contributed by atoms with Crippen molar-refractivity contribution in [3.05, 3.63) is 59.7 Å². The summed E-state index contributed by atoms with van der Waals surface area (Å²) in [7, 11) is 0. The van der Waals surface area contributed by atoms with E-state index in [1.165, 1.54) is 0 Å². The molecule has 7 nitrogen and oxygen atoms in total. The van der Waals surface area contributed by atoms with Crippen molar-refractivity contribution in [3.8, 4) is 5.75 Å². The topological polar surface area (TPSA) is 96.5 Å². The van der Waals surface area contributed by atoms with Crippen LogP contribution in [0.15, 0.2) is 48.5 Å². The molecule has 0 bridgehead atoms. The Labute approximate surface area is 169 Å². The first-order valence-electron chi connectivity index (χ1n) is 9.67. The smallest absolute Gasteiger partial charge is 0.313 e. The van der Waals surface area contributed by atoms with Gasteiger partial charge in [0.05, 0.1) is 11.6 Å². The fourth-order valence-electron chi connectivity index (χ4n) is 3.09. The summed E-state index contributed by atoms with van der Waals surface area (Å²) >= 11 is 0. The fraction of sp³-hybridized carbons (Fsp3) is 0.318. The highest BCUT2D eigenvalue weighted by atomic mass is 16.5. The number of carbonyl (C=O) groups excluding carboxylic acids is 3. The van der Waals surface area contributed by atoms with Crippen LogP contribution < -0.4 is 20.7 Å². The maximum atomic E-state index is 12.3. The molecule has 152 valence electrons. The van der Waals surface area contributed by atoms with Crippen LogP contribution in [0.1, 0.15) is 24.0 Å². The molecule has 0 spiro atoms. The van der Waals surface area contributed by atoms with E-state index in [1.54, 1.807) is 6.07 Å². The van der Waals surface area contributed by atoms with E-state index in [2.05, 4.69) is 16.0 Å². The lowest BCUT2D eigenvalue weighted by molar-refractivity contribution is -0.136. The number of amides is 3. The molecule has 1 aliphatic heterocycles. The first-order valence-corrected chi connectivity index (χ1v) is 9.67. The lowest BCUT2D eigenvalue weighted by atomic mass is 9.99. The Morgan fingerprint density at radius 2 is 1.93 bits per heavy atom. The summed E-state index contributed by atoms with van der Waals surface area (Å²) in [5.41, 5.74) is 2.38. The molecule has 1 fully saturated rings. The van der Waals surface area contributed by atoms with E-state index in [0.717, 1.165) is 17.5 Å². The van der Waals surface area contributed by atoms with Crippen LogP contribution in [-0.2, 0) is 21.0 Å². The first-order chi connectivity index (χ1) is 14.0. The molecule has 3 amide bonds. The van der Waals surface area contributed by atoms with Crippen LogP contribution in [0.5, 0.6) is 5.75 Å². The van der Waals surface area contributed by atoms with Crippen molar-refractivity contribution in [1.82, 2.24) is 10.6 Å². The van der Waals surface area contributed by atoms with E-state index in [0.29, 0.717) is 31.0 Å². The van der Waals surface area contributed by atoms with Gasteiger partial charge in [0.25, 0.3) is 0 Å². The number of hydrogen-bond acceptors (Lipinski definition) is 4. The zero-order valence-electron chi connectivity index (χ0n) is 16.4. The summed E-state index contributed by atoms with van der Waals surface area (Å²) in [4.78, 5) is 36.2. The molecule has 3 rings (SSSR count). The number of benzene rings is 2. The summed E-state index contributed by atoms with van der Waals surface area (Å²) < 4.78 is 5.85. The maximum Gasteiger partial charge on any atom is 0.313 e. The molecule has 1 unspecified atom stereocenters. The summed E-state index contributed by atoms with van der Waals surface area (Å²) in [5, 5.41) is 7.89. The number of carbonyl (C=O) groups is 3. The lowest BCUT2D eigenvalue weighted by Gasteiger charge is -2.21. The van der Waals surface area contributed by atoms with Gasteiger partial charge < -0.3 is 20.7 Å². The highest BCUT2D eigenvalue weighted by Crippen LogP contribution is 2.26. The molecule has 1 heterocycles. The van der Waals surface area contributed by atoms with Gasteiger partial charge in [0, 0.05) is 13.1 Å². The SMILES string of the molecule is Cc1ccc(NC(=O)C(=O)NCC2CCCNC2=O)c(OCc2ccccc2)c1. The second kappa shape index (κ2) is 9.73. The van der Waals surface area contributed by atoms with Gasteiger partial charge in [0.2, 0.25) is 5.91 Å². The van der Waals surface area contributed by atoms with Crippen molar-refractivity contribution in [2.45, 2.75) is 26.4 Å². The highest BCUT2D eigenvalue weighted by molar-refractivity contribution is 6.39. The van der Waals surface area contributed by atoms with Crippen LogP contribution in [0, 0.1) is 12.8 Å². The minimum Gasteiger partial charge on any atom is -0.487 e. The van der Waals surface area contributed by atoms with Gasteiger partial charge >= 0.3 is 11.8 Å². The largest absolute Gasteiger partial charge is 0.487 e. The zero-order valence-corrected chi connectivity index (χ0v) is 16.4. The van der Waals surface area contributed by atoms with Crippen LogP contribution in [0.3, 0.4) is 0 Å². The van der Waals surface area contributed by atoms with Gasteiger partial charge in [0.15, 0.2) is 0 Å². The van der Waals surface area contributed by atoms with Gasteiger partial charge in [-0.05, 0) is 43.0 Å². The number of rotatable bonds is 6. The second-order valence-electron chi connectivity index (χ2n) is 7.07. The Bertz CT molecular complexity index is 883. The maximum absolute atomic E-state index is 12.3. The second-order valence-corrected chi connectivity index (χ2v) is 7.07. The minimum absolute atomic E-state index is 0.0907. The standard InChI is InChI=1S/C22H25N3O4/c1-15-9-10-18(19(12-15)29-14-16-6-3-2-4-7-16)25-22(28)21(27)24-13-17-8-5-11-23-20(17)26/h2-4,6-7,9-10,12,17H,5,8,11,13-14H2,1H3,(H,23,26)(H,24,27)(H,25,28). The summed E-state index contributed by atoms with van der Waals surface area (Å²) in [6.45, 7) is 3.06. The molecule has 1 saturated heterocycles. The molecule has 1 aliphatic rings. The Hall–Kier alpha value is -3.35. The average Bonchev–Trinajstić information content (AvgIpc) is 2.73. The van der Waals surface area contributed by atoms with Crippen LogP contribution >= 0.6 is 0 Å². The predicted molar refractivity (Wildman–Crippen MR) is 109 cm³/mol. The molecule has 2 aromatic carbocycles. The number of nitrogens with one attached hydrogen (secondary N) is 3. The molecule has 0 saturated carbocycles. The molecule has 3 N–H and O–H groups in total. The third-order valence-corrected chi connectivity index (χ3v) is 4.74. The Morgan fingerprint density at radius 3 is 2.69 bits per heavy atom. The van der Waals surface area contributed by atoms with Crippen molar-refractivity contribution >= 4 is 23.4 Å². The van der Waals surface area contributed by atoms with Crippen LogP contribution in [0.2, 0.25) is 0 Å². The Morgan fingerprint density at radius 1 is 1.14 bits per heavy atom. The summed E-state index contributed by atoms with van der Waals surface area (Å²) in [6, 6.07) is 15.0. The van der Waals surface area contributed by atoms with E-state index in [1.807, 2.05) is 49.4 Å². The molecule has 1 atom stereocenters. The van der Waals surface area contributed by atoms with Gasteiger partial charge in [-0.15, -0.1) is 0 Å². The quantitative estimate of drug-likeness (QED) is 0.653. The molecule has 2 aromatic rings.